The summed E-state index contributed by atoms with van der Waals surface area (Å²) in [5.74, 6) is 0.0642. The summed E-state index contributed by atoms with van der Waals surface area (Å²) in [6.45, 7) is 4.74. The first-order valence-electron chi connectivity index (χ1n) is 5.17. The molecule has 15 heavy (non-hydrogen) atoms. The fraction of sp³-hybridized carbons (Fsp3) is 0.417. The fourth-order valence-electron chi connectivity index (χ4n) is 1.57. The van der Waals surface area contributed by atoms with E-state index in [9.17, 15) is 4.79 Å². The molecule has 0 aliphatic carbocycles. The number of nitrogens with zero attached hydrogens (tertiary/aromatic N) is 1. The van der Waals surface area contributed by atoms with Crippen LogP contribution in [0.5, 0.6) is 0 Å². The van der Waals surface area contributed by atoms with E-state index in [0.29, 0.717) is 5.69 Å². The molecule has 0 saturated carbocycles. The fourth-order valence-corrected chi connectivity index (χ4v) is 1.57. The summed E-state index contributed by atoms with van der Waals surface area (Å²) in [4.78, 5) is 13.7. The summed E-state index contributed by atoms with van der Waals surface area (Å²) < 4.78 is 0. The number of carbonyl (C=O) groups is 1. The van der Waals surface area contributed by atoms with Crippen molar-refractivity contribution in [3.05, 3.63) is 29.3 Å². The Bertz CT molecular complexity index is 361. The Morgan fingerprint density at radius 3 is 2.67 bits per heavy atom. The van der Waals surface area contributed by atoms with E-state index in [4.69, 9.17) is 5.73 Å². The molecular weight excluding hydrogens is 188 g/mol. The van der Waals surface area contributed by atoms with E-state index in [0.717, 1.165) is 24.1 Å². The molecule has 3 heteroatoms. The van der Waals surface area contributed by atoms with Gasteiger partial charge < -0.3 is 10.6 Å². The molecule has 2 N–H and O–H groups in total. The normalized spacial score (nSPS) is 10.1. The number of nitrogens with two attached hydrogens (primary N) is 1. The average Bonchev–Trinajstić information content (AvgIpc) is 2.17. The molecule has 0 heterocycles. The third-order valence-electron chi connectivity index (χ3n) is 2.39. The van der Waals surface area contributed by atoms with E-state index in [-0.39, 0.29) is 5.91 Å². The van der Waals surface area contributed by atoms with Gasteiger partial charge in [0.1, 0.15) is 0 Å². The van der Waals surface area contributed by atoms with Crippen molar-refractivity contribution in [2.24, 2.45) is 0 Å². The van der Waals surface area contributed by atoms with Crippen molar-refractivity contribution in [1.82, 2.24) is 4.90 Å². The van der Waals surface area contributed by atoms with Gasteiger partial charge in [-0.15, -0.1) is 0 Å². The third-order valence-corrected chi connectivity index (χ3v) is 2.39. The number of hydrogen-bond acceptors (Lipinski definition) is 2. The molecule has 0 unspecified atom stereocenters. The van der Waals surface area contributed by atoms with Crippen molar-refractivity contribution in [2.75, 3.05) is 19.3 Å². The Kier molecular flexibility index (Phi) is 3.72. The minimum absolute atomic E-state index is 0.0642. The molecule has 1 rings (SSSR count). The van der Waals surface area contributed by atoms with Crippen LogP contribution < -0.4 is 5.73 Å². The lowest BCUT2D eigenvalue weighted by atomic mass is 10.1. The van der Waals surface area contributed by atoms with Crippen molar-refractivity contribution >= 4 is 11.6 Å². The maximum Gasteiger partial charge on any atom is 0.253 e. The van der Waals surface area contributed by atoms with Crippen LogP contribution in [-0.4, -0.2) is 24.4 Å². The first-order chi connectivity index (χ1) is 7.06. The molecule has 0 aliphatic heterocycles. The molecule has 0 saturated heterocycles. The van der Waals surface area contributed by atoms with E-state index in [2.05, 4.69) is 6.92 Å². The average molecular weight is 206 g/mol. The molecule has 0 atom stereocenters. The predicted molar refractivity (Wildman–Crippen MR) is 62.8 cm³/mol. The molecule has 82 valence electrons. The minimum Gasteiger partial charge on any atom is -0.399 e. The van der Waals surface area contributed by atoms with Gasteiger partial charge in [0, 0.05) is 24.8 Å². The van der Waals surface area contributed by atoms with Gasteiger partial charge >= 0.3 is 0 Å². The lowest BCUT2D eigenvalue weighted by Crippen LogP contribution is -2.27. The summed E-state index contributed by atoms with van der Waals surface area (Å²) in [6.07, 6.45) is 0.969. The SMILES string of the molecule is CCCN(C)C(=O)c1ccc(N)cc1C. The number of benzene rings is 1. The van der Waals surface area contributed by atoms with Gasteiger partial charge in [0.05, 0.1) is 0 Å². The van der Waals surface area contributed by atoms with Crippen LogP contribution in [0, 0.1) is 6.92 Å². The first kappa shape index (κ1) is 11.6. The molecule has 0 bridgehead atoms. The van der Waals surface area contributed by atoms with Crippen LogP contribution in [0.4, 0.5) is 5.69 Å². The third kappa shape index (κ3) is 2.72. The minimum atomic E-state index is 0.0642. The molecule has 3 nitrogen and oxygen atoms in total. The number of carbonyl (C=O) groups excluding carboxylic acids is 1. The van der Waals surface area contributed by atoms with E-state index in [1.165, 1.54) is 0 Å². The molecule has 0 aliphatic rings. The Labute approximate surface area is 90.9 Å². The van der Waals surface area contributed by atoms with Gasteiger partial charge in [0.15, 0.2) is 0 Å². The Morgan fingerprint density at radius 1 is 1.47 bits per heavy atom. The Morgan fingerprint density at radius 2 is 2.13 bits per heavy atom. The van der Waals surface area contributed by atoms with Gasteiger partial charge in [-0.05, 0) is 37.1 Å². The molecule has 0 radical (unpaired) electrons. The molecular formula is C12H18N2O. The Hall–Kier alpha value is -1.51. The summed E-state index contributed by atoms with van der Waals surface area (Å²) in [5.41, 5.74) is 8.00. The van der Waals surface area contributed by atoms with Crippen molar-refractivity contribution < 1.29 is 4.79 Å². The molecule has 0 spiro atoms. The van der Waals surface area contributed by atoms with Gasteiger partial charge in [0.25, 0.3) is 5.91 Å². The molecule has 0 fully saturated rings. The molecule has 1 aromatic rings. The van der Waals surface area contributed by atoms with Crippen LogP contribution in [0.1, 0.15) is 29.3 Å². The second-order valence-electron chi connectivity index (χ2n) is 3.80. The van der Waals surface area contributed by atoms with E-state index in [1.807, 2.05) is 20.0 Å². The second-order valence-corrected chi connectivity index (χ2v) is 3.80. The number of amides is 1. The maximum atomic E-state index is 12.0. The van der Waals surface area contributed by atoms with Crippen LogP contribution in [0.2, 0.25) is 0 Å². The van der Waals surface area contributed by atoms with Gasteiger partial charge in [-0.2, -0.15) is 0 Å². The van der Waals surface area contributed by atoms with Gasteiger partial charge in [0.2, 0.25) is 0 Å². The van der Waals surface area contributed by atoms with Crippen LogP contribution >= 0.6 is 0 Å². The lowest BCUT2D eigenvalue weighted by Gasteiger charge is -2.17. The van der Waals surface area contributed by atoms with Crippen molar-refractivity contribution in [3.63, 3.8) is 0 Å². The number of anilines is 1. The zero-order chi connectivity index (χ0) is 11.4. The quantitative estimate of drug-likeness (QED) is 0.769. The van der Waals surface area contributed by atoms with E-state index >= 15 is 0 Å². The lowest BCUT2D eigenvalue weighted by molar-refractivity contribution is 0.0794. The maximum absolute atomic E-state index is 12.0. The van der Waals surface area contributed by atoms with E-state index < -0.39 is 0 Å². The van der Waals surface area contributed by atoms with Crippen LogP contribution in [0.25, 0.3) is 0 Å². The zero-order valence-electron chi connectivity index (χ0n) is 9.58. The number of rotatable bonds is 3. The monoisotopic (exact) mass is 206 g/mol. The summed E-state index contributed by atoms with van der Waals surface area (Å²) in [6, 6.07) is 5.38. The zero-order valence-corrected chi connectivity index (χ0v) is 9.58. The van der Waals surface area contributed by atoms with Gasteiger partial charge in [-0.3, -0.25) is 4.79 Å². The van der Waals surface area contributed by atoms with E-state index in [1.54, 1.807) is 17.0 Å². The van der Waals surface area contributed by atoms with Crippen molar-refractivity contribution in [1.29, 1.82) is 0 Å². The van der Waals surface area contributed by atoms with Gasteiger partial charge in [-0.1, -0.05) is 6.92 Å². The molecule has 0 aromatic heterocycles. The molecule has 1 amide bonds. The van der Waals surface area contributed by atoms with Gasteiger partial charge in [-0.25, -0.2) is 0 Å². The summed E-state index contributed by atoms with van der Waals surface area (Å²) in [7, 11) is 1.82. The van der Waals surface area contributed by atoms with Crippen LogP contribution in [0.15, 0.2) is 18.2 Å². The van der Waals surface area contributed by atoms with Crippen molar-refractivity contribution in [2.45, 2.75) is 20.3 Å². The Balaban J connectivity index is 2.91. The highest BCUT2D eigenvalue weighted by Crippen LogP contribution is 2.14. The second kappa shape index (κ2) is 4.82. The molecule has 1 aromatic carbocycles. The topological polar surface area (TPSA) is 46.3 Å². The number of nitrogen functional groups attached to an aromatic ring is 1. The summed E-state index contributed by atoms with van der Waals surface area (Å²) >= 11 is 0. The number of hydrogen-bond donors (Lipinski definition) is 1. The predicted octanol–water partition coefficient (Wildman–Crippen LogP) is 2.06. The standard InChI is InChI=1S/C12H18N2O/c1-4-7-14(3)12(15)11-6-5-10(13)8-9(11)2/h5-6,8H,4,7,13H2,1-3H3. The van der Waals surface area contributed by atoms with Crippen LogP contribution in [0.3, 0.4) is 0 Å². The summed E-state index contributed by atoms with van der Waals surface area (Å²) in [5, 5.41) is 0. The number of aryl methyl sites for hydroxylation is 1. The highest BCUT2D eigenvalue weighted by atomic mass is 16.2. The first-order valence-corrected chi connectivity index (χ1v) is 5.17. The largest absolute Gasteiger partial charge is 0.399 e. The van der Waals surface area contributed by atoms with Crippen molar-refractivity contribution in [3.8, 4) is 0 Å². The highest BCUT2D eigenvalue weighted by Gasteiger charge is 2.12. The smallest absolute Gasteiger partial charge is 0.253 e. The van der Waals surface area contributed by atoms with Crippen LogP contribution in [-0.2, 0) is 0 Å². The highest BCUT2D eigenvalue weighted by molar-refractivity contribution is 5.95.